The van der Waals surface area contributed by atoms with Crippen LogP contribution in [0.25, 0.3) is 11.5 Å². The van der Waals surface area contributed by atoms with Crippen molar-refractivity contribution < 1.29 is 12.8 Å². The number of nitrogens with zero attached hydrogens (tertiary/aromatic N) is 2. The molecule has 0 spiro atoms. The van der Waals surface area contributed by atoms with Crippen molar-refractivity contribution in [2.75, 3.05) is 18.6 Å². The van der Waals surface area contributed by atoms with Crippen LogP contribution in [0.3, 0.4) is 0 Å². The number of rotatable bonds is 6. The first-order valence-electron chi connectivity index (χ1n) is 5.61. The first kappa shape index (κ1) is 15.3. The fourth-order valence-corrected chi connectivity index (χ4v) is 2.78. The van der Waals surface area contributed by atoms with E-state index in [4.69, 9.17) is 16.0 Å². The van der Waals surface area contributed by atoms with Gasteiger partial charge >= 0.3 is 0 Å². The number of benzene rings is 1. The summed E-state index contributed by atoms with van der Waals surface area (Å²) < 4.78 is 29.6. The molecule has 0 bridgehead atoms. The van der Waals surface area contributed by atoms with E-state index < -0.39 is 10.0 Å². The van der Waals surface area contributed by atoms with Gasteiger partial charge in [0.15, 0.2) is 0 Å². The van der Waals surface area contributed by atoms with Crippen LogP contribution in [-0.2, 0) is 10.0 Å². The van der Waals surface area contributed by atoms with E-state index in [0.29, 0.717) is 28.4 Å². The summed E-state index contributed by atoms with van der Waals surface area (Å²) in [6, 6.07) is 7.10. The highest BCUT2D eigenvalue weighted by Gasteiger charge is 2.09. The summed E-state index contributed by atoms with van der Waals surface area (Å²) in [4.78, 5) is 0. The van der Waals surface area contributed by atoms with Crippen molar-refractivity contribution in [3.05, 3.63) is 29.3 Å². The van der Waals surface area contributed by atoms with Crippen molar-refractivity contribution in [2.45, 2.75) is 5.22 Å². The third-order valence-electron chi connectivity index (χ3n) is 2.17. The number of aromatic nitrogens is 2. The van der Waals surface area contributed by atoms with Crippen LogP contribution in [0, 0.1) is 0 Å². The van der Waals surface area contributed by atoms with Crippen molar-refractivity contribution in [2.24, 2.45) is 0 Å². The Labute approximate surface area is 126 Å². The molecule has 6 nitrogen and oxygen atoms in total. The lowest BCUT2D eigenvalue weighted by Crippen LogP contribution is -2.24. The zero-order valence-corrected chi connectivity index (χ0v) is 12.9. The van der Waals surface area contributed by atoms with E-state index in [1.54, 1.807) is 18.2 Å². The van der Waals surface area contributed by atoms with Crippen LogP contribution in [0.4, 0.5) is 0 Å². The van der Waals surface area contributed by atoms with E-state index in [1.807, 2.05) is 6.07 Å². The van der Waals surface area contributed by atoms with Crippen molar-refractivity contribution in [3.63, 3.8) is 0 Å². The summed E-state index contributed by atoms with van der Waals surface area (Å²) >= 11 is 7.17. The normalized spacial score (nSPS) is 11.7. The van der Waals surface area contributed by atoms with Gasteiger partial charge in [0.05, 0.1) is 6.26 Å². The lowest BCUT2D eigenvalue weighted by molar-refractivity contribution is 0.466. The molecule has 0 fully saturated rings. The van der Waals surface area contributed by atoms with E-state index in [2.05, 4.69) is 14.9 Å². The first-order valence-corrected chi connectivity index (χ1v) is 8.86. The molecule has 0 aliphatic rings. The van der Waals surface area contributed by atoms with E-state index in [9.17, 15) is 8.42 Å². The Morgan fingerprint density at radius 3 is 2.90 bits per heavy atom. The molecule has 0 saturated carbocycles. The fraction of sp³-hybridized carbons (Fsp3) is 0.273. The van der Waals surface area contributed by atoms with Crippen LogP contribution >= 0.6 is 23.4 Å². The summed E-state index contributed by atoms with van der Waals surface area (Å²) in [5.74, 6) is 0.885. The number of halogens is 1. The minimum absolute atomic E-state index is 0.304. The van der Waals surface area contributed by atoms with Gasteiger partial charge in [-0.1, -0.05) is 29.4 Å². The van der Waals surface area contributed by atoms with Crippen LogP contribution in [0.2, 0.25) is 5.02 Å². The Hall–Kier alpha value is -1.09. The molecule has 1 aromatic carbocycles. The van der Waals surface area contributed by atoms with Gasteiger partial charge in [0.1, 0.15) is 0 Å². The Kier molecular flexibility index (Phi) is 5.03. The van der Waals surface area contributed by atoms with Gasteiger partial charge in [0.25, 0.3) is 5.22 Å². The number of hydrogen-bond donors (Lipinski definition) is 1. The molecule has 0 aliphatic heterocycles. The topological polar surface area (TPSA) is 85.1 Å². The highest BCUT2D eigenvalue weighted by atomic mass is 35.5. The lowest BCUT2D eigenvalue weighted by Gasteiger charge is -1.99. The minimum atomic E-state index is -3.17. The SMILES string of the molecule is CS(=O)(=O)NCCSc1nnc(-c2cccc(Cl)c2)o1. The van der Waals surface area contributed by atoms with Crippen molar-refractivity contribution in [1.82, 2.24) is 14.9 Å². The van der Waals surface area contributed by atoms with Crippen LogP contribution in [-0.4, -0.2) is 37.2 Å². The molecule has 108 valence electrons. The zero-order chi connectivity index (χ0) is 14.6. The van der Waals surface area contributed by atoms with Crippen LogP contribution in [0.5, 0.6) is 0 Å². The van der Waals surface area contributed by atoms with Gasteiger partial charge in [0.2, 0.25) is 15.9 Å². The fourth-order valence-electron chi connectivity index (χ4n) is 1.37. The third kappa shape index (κ3) is 4.78. The Balaban J connectivity index is 1.93. The molecular formula is C11H12ClN3O3S2. The molecule has 2 aromatic rings. The Morgan fingerprint density at radius 1 is 1.40 bits per heavy atom. The second-order valence-electron chi connectivity index (χ2n) is 3.90. The van der Waals surface area contributed by atoms with Crippen LogP contribution < -0.4 is 4.72 Å². The number of nitrogens with one attached hydrogen (secondary N) is 1. The molecule has 1 heterocycles. The van der Waals surface area contributed by atoms with Gasteiger partial charge in [-0.3, -0.25) is 0 Å². The van der Waals surface area contributed by atoms with Gasteiger partial charge in [-0.2, -0.15) is 0 Å². The van der Waals surface area contributed by atoms with E-state index in [-0.39, 0.29) is 0 Å². The molecule has 9 heteroatoms. The monoisotopic (exact) mass is 333 g/mol. The number of sulfonamides is 1. The van der Waals surface area contributed by atoms with Gasteiger partial charge in [0, 0.05) is 22.9 Å². The molecule has 0 atom stereocenters. The molecule has 1 N–H and O–H groups in total. The third-order valence-corrected chi connectivity index (χ3v) is 3.95. The van der Waals surface area contributed by atoms with E-state index in [0.717, 1.165) is 11.8 Å². The second-order valence-corrected chi connectivity index (χ2v) is 7.21. The summed E-state index contributed by atoms with van der Waals surface area (Å²) in [5.41, 5.74) is 0.742. The summed E-state index contributed by atoms with van der Waals surface area (Å²) in [5, 5.41) is 8.78. The van der Waals surface area contributed by atoms with E-state index in [1.165, 1.54) is 11.8 Å². The highest BCUT2D eigenvalue weighted by molar-refractivity contribution is 7.99. The van der Waals surface area contributed by atoms with Gasteiger partial charge in [-0.15, -0.1) is 10.2 Å². The molecule has 0 amide bonds. The smallest absolute Gasteiger partial charge is 0.276 e. The van der Waals surface area contributed by atoms with Crippen LogP contribution in [0.1, 0.15) is 0 Å². The molecule has 0 unspecified atom stereocenters. The first-order chi connectivity index (χ1) is 9.44. The maximum Gasteiger partial charge on any atom is 0.276 e. The molecule has 0 saturated heterocycles. The molecular weight excluding hydrogens is 322 g/mol. The largest absolute Gasteiger partial charge is 0.411 e. The van der Waals surface area contributed by atoms with Gasteiger partial charge in [-0.25, -0.2) is 13.1 Å². The van der Waals surface area contributed by atoms with Crippen molar-refractivity contribution >= 4 is 33.4 Å². The van der Waals surface area contributed by atoms with Crippen molar-refractivity contribution in [3.8, 4) is 11.5 Å². The summed E-state index contributed by atoms with van der Waals surface area (Å²) in [6.07, 6.45) is 1.11. The molecule has 0 aliphatic carbocycles. The predicted octanol–water partition coefficient (Wildman–Crippen LogP) is 2.03. The zero-order valence-electron chi connectivity index (χ0n) is 10.5. The standard InChI is InChI=1S/C11H12ClN3O3S2/c1-20(16,17)13-5-6-19-11-15-14-10(18-11)8-3-2-4-9(12)7-8/h2-4,7,13H,5-6H2,1H3. The Morgan fingerprint density at radius 2 is 2.20 bits per heavy atom. The quantitative estimate of drug-likeness (QED) is 0.643. The molecule has 20 heavy (non-hydrogen) atoms. The summed E-state index contributed by atoms with van der Waals surface area (Å²) in [7, 11) is -3.17. The van der Waals surface area contributed by atoms with Crippen molar-refractivity contribution in [1.29, 1.82) is 0 Å². The summed E-state index contributed by atoms with van der Waals surface area (Å²) in [6.45, 7) is 0.304. The predicted molar refractivity (Wildman–Crippen MR) is 78.3 cm³/mol. The van der Waals surface area contributed by atoms with Gasteiger partial charge < -0.3 is 4.42 Å². The molecule has 1 aromatic heterocycles. The Bertz CT molecular complexity index is 688. The maximum absolute atomic E-state index is 10.9. The van der Waals surface area contributed by atoms with Crippen LogP contribution in [0.15, 0.2) is 33.9 Å². The molecule has 2 rings (SSSR count). The second kappa shape index (κ2) is 6.57. The highest BCUT2D eigenvalue weighted by Crippen LogP contribution is 2.24. The average molecular weight is 334 g/mol. The lowest BCUT2D eigenvalue weighted by atomic mass is 10.2. The van der Waals surface area contributed by atoms with E-state index >= 15 is 0 Å². The average Bonchev–Trinajstić information content (AvgIpc) is 2.82. The minimum Gasteiger partial charge on any atom is -0.411 e. The molecule has 0 radical (unpaired) electrons. The number of hydrogen-bond acceptors (Lipinski definition) is 6. The van der Waals surface area contributed by atoms with Gasteiger partial charge in [-0.05, 0) is 18.2 Å². The maximum atomic E-state index is 10.9. The number of thioether (sulfide) groups is 1.